The molecule has 0 aliphatic carbocycles. The summed E-state index contributed by atoms with van der Waals surface area (Å²) in [6, 6.07) is 22.7. The van der Waals surface area contributed by atoms with Crippen molar-refractivity contribution in [2.45, 2.75) is 18.6 Å². The summed E-state index contributed by atoms with van der Waals surface area (Å²) in [6.07, 6.45) is 1.79. The molecule has 0 unspecified atom stereocenters. The minimum absolute atomic E-state index is 0.0112. The molecule has 0 amide bonds. The predicted octanol–water partition coefficient (Wildman–Crippen LogP) is 4.20. The largest absolute Gasteiger partial charge is 0.504 e. The summed E-state index contributed by atoms with van der Waals surface area (Å²) in [6.45, 7) is 0. The number of hydrogen-bond donors (Lipinski definition) is 1. The number of aryl methyl sites for hydroxylation is 1. The van der Waals surface area contributed by atoms with Crippen LogP contribution < -0.4 is 9.47 Å². The summed E-state index contributed by atoms with van der Waals surface area (Å²) in [5, 5.41) is 10.4. The number of benzene rings is 3. The normalized spacial score (nSPS) is 14.2. The van der Waals surface area contributed by atoms with E-state index in [4.69, 9.17) is 9.47 Å². The van der Waals surface area contributed by atoms with Crippen LogP contribution in [0.25, 0.3) is 0 Å². The van der Waals surface area contributed by atoms with Crippen LogP contribution in [-0.4, -0.2) is 11.4 Å². The lowest BCUT2D eigenvalue weighted by atomic mass is 9.97. The zero-order valence-corrected chi connectivity index (χ0v) is 14.1. The molecule has 130 valence electrons. The molecule has 0 spiro atoms. The van der Waals surface area contributed by atoms with E-state index in [1.165, 1.54) is 0 Å². The third kappa shape index (κ3) is 2.69. The van der Waals surface area contributed by atoms with Gasteiger partial charge in [0.2, 0.25) is 5.75 Å². The first-order valence-corrected chi connectivity index (χ1v) is 8.51. The van der Waals surface area contributed by atoms with E-state index in [1.54, 1.807) is 6.07 Å². The average molecular weight is 346 g/mol. The van der Waals surface area contributed by atoms with E-state index in [1.807, 2.05) is 66.7 Å². The van der Waals surface area contributed by atoms with Gasteiger partial charge >= 0.3 is 5.79 Å². The van der Waals surface area contributed by atoms with Gasteiger partial charge in [-0.15, -0.1) is 0 Å². The van der Waals surface area contributed by atoms with Crippen molar-refractivity contribution in [3.63, 3.8) is 0 Å². The highest BCUT2D eigenvalue weighted by molar-refractivity contribution is 5.58. The molecule has 0 radical (unpaired) electrons. The Labute approximate surface area is 151 Å². The lowest BCUT2D eigenvalue weighted by Crippen LogP contribution is -2.36. The number of carbonyl (C=O) groups excluding carboxylic acids is 1. The van der Waals surface area contributed by atoms with Gasteiger partial charge in [0.15, 0.2) is 11.5 Å². The Hall–Kier alpha value is -3.27. The smallest absolute Gasteiger partial charge is 0.305 e. The third-order valence-corrected chi connectivity index (χ3v) is 4.45. The summed E-state index contributed by atoms with van der Waals surface area (Å²) in [5.74, 6) is -0.366. The molecular formula is C22H18O4. The molecule has 1 N–H and O–H groups in total. The number of fused-ring (bicyclic) bond motifs is 1. The topological polar surface area (TPSA) is 55.8 Å². The Morgan fingerprint density at radius 3 is 2.08 bits per heavy atom. The minimum Gasteiger partial charge on any atom is -0.504 e. The fourth-order valence-electron chi connectivity index (χ4n) is 3.23. The van der Waals surface area contributed by atoms with Crippen LogP contribution in [0.3, 0.4) is 0 Å². The van der Waals surface area contributed by atoms with Crippen LogP contribution in [0.1, 0.15) is 23.1 Å². The molecule has 4 rings (SSSR count). The van der Waals surface area contributed by atoms with Crippen molar-refractivity contribution < 1.29 is 19.4 Å². The SMILES string of the molecule is O=CCCc1cc(O)c2c(c1)OC(c1ccccc1)(c1ccccc1)O2. The van der Waals surface area contributed by atoms with Gasteiger partial charge in [0.25, 0.3) is 0 Å². The number of ether oxygens (including phenoxy) is 2. The second kappa shape index (κ2) is 6.56. The van der Waals surface area contributed by atoms with Crippen LogP contribution in [0.4, 0.5) is 0 Å². The number of hydrogen-bond acceptors (Lipinski definition) is 4. The lowest BCUT2D eigenvalue weighted by molar-refractivity contribution is -0.107. The maximum absolute atomic E-state index is 10.7. The molecule has 3 aromatic carbocycles. The van der Waals surface area contributed by atoms with Gasteiger partial charge in [-0.1, -0.05) is 60.7 Å². The Morgan fingerprint density at radius 1 is 0.885 bits per heavy atom. The van der Waals surface area contributed by atoms with E-state index in [2.05, 4.69) is 0 Å². The van der Waals surface area contributed by atoms with E-state index in [9.17, 15) is 9.90 Å². The van der Waals surface area contributed by atoms with E-state index in [-0.39, 0.29) is 5.75 Å². The van der Waals surface area contributed by atoms with Crippen molar-refractivity contribution in [2.75, 3.05) is 0 Å². The maximum atomic E-state index is 10.7. The molecule has 0 aromatic heterocycles. The summed E-state index contributed by atoms with van der Waals surface area (Å²) in [7, 11) is 0. The highest BCUT2D eigenvalue weighted by atomic mass is 16.7. The molecule has 0 bridgehead atoms. The van der Waals surface area contributed by atoms with Crippen LogP contribution in [-0.2, 0) is 17.0 Å². The second-order valence-corrected chi connectivity index (χ2v) is 6.20. The number of carbonyl (C=O) groups is 1. The summed E-state index contributed by atoms with van der Waals surface area (Å²) in [4.78, 5) is 10.7. The van der Waals surface area contributed by atoms with E-state index >= 15 is 0 Å². The highest BCUT2D eigenvalue weighted by Crippen LogP contribution is 2.52. The molecule has 4 heteroatoms. The fraction of sp³-hybridized carbons (Fsp3) is 0.136. The Balaban J connectivity index is 1.82. The van der Waals surface area contributed by atoms with Crippen LogP contribution >= 0.6 is 0 Å². The van der Waals surface area contributed by atoms with Crippen LogP contribution in [0.15, 0.2) is 72.8 Å². The number of rotatable bonds is 5. The molecule has 1 aliphatic heterocycles. The van der Waals surface area contributed by atoms with Crippen molar-refractivity contribution in [3.05, 3.63) is 89.5 Å². The van der Waals surface area contributed by atoms with E-state index in [0.717, 1.165) is 23.0 Å². The number of aromatic hydroxyl groups is 1. The first kappa shape index (κ1) is 16.2. The molecule has 0 fully saturated rings. The number of phenols is 1. The molecule has 0 saturated carbocycles. The zero-order chi connectivity index (χ0) is 18.0. The Bertz CT molecular complexity index is 880. The second-order valence-electron chi connectivity index (χ2n) is 6.20. The monoisotopic (exact) mass is 346 g/mol. The van der Waals surface area contributed by atoms with Gasteiger partial charge < -0.3 is 19.4 Å². The van der Waals surface area contributed by atoms with Crippen molar-refractivity contribution in [2.24, 2.45) is 0 Å². The first-order chi connectivity index (χ1) is 12.7. The van der Waals surface area contributed by atoms with Gasteiger partial charge in [0.1, 0.15) is 6.29 Å². The molecule has 0 saturated heterocycles. The molecule has 0 atom stereocenters. The molecule has 26 heavy (non-hydrogen) atoms. The average Bonchev–Trinajstić information content (AvgIpc) is 3.09. The van der Waals surface area contributed by atoms with E-state index < -0.39 is 5.79 Å². The van der Waals surface area contributed by atoms with Crippen LogP contribution in [0, 0.1) is 0 Å². The first-order valence-electron chi connectivity index (χ1n) is 8.51. The minimum atomic E-state index is -1.16. The summed E-state index contributed by atoms with van der Waals surface area (Å²) < 4.78 is 12.5. The quantitative estimate of drug-likeness (QED) is 0.704. The van der Waals surface area contributed by atoms with Crippen LogP contribution in [0.5, 0.6) is 17.2 Å². The third-order valence-electron chi connectivity index (χ3n) is 4.45. The van der Waals surface area contributed by atoms with Gasteiger partial charge in [0, 0.05) is 17.5 Å². The Morgan fingerprint density at radius 2 is 1.50 bits per heavy atom. The van der Waals surface area contributed by atoms with E-state index in [0.29, 0.717) is 24.3 Å². The predicted molar refractivity (Wildman–Crippen MR) is 97.4 cm³/mol. The van der Waals surface area contributed by atoms with Gasteiger partial charge in [-0.3, -0.25) is 0 Å². The van der Waals surface area contributed by atoms with Gasteiger partial charge in [-0.25, -0.2) is 0 Å². The molecule has 1 heterocycles. The fourth-order valence-corrected chi connectivity index (χ4v) is 3.23. The molecule has 3 aromatic rings. The summed E-state index contributed by atoms with van der Waals surface area (Å²) in [5.41, 5.74) is 2.49. The lowest BCUT2D eigenvalue weighted by Gasteiger charge is -2.28. The molecular weight excluding hydrogens is 328 g/mol. The van der Waals surface area contributed by atoms with Gasteiger partial charge in [-0.05, 0) is 24.1 Å². The Kier molecular flexibility index (Phi) is 4.09. The standard InChI is InChI=1S/C22H18O4/c23-13-7-8-16-14-19(24)21-20(15-16)25-22(26-21,17-9-3-1-4-10-17)18-11-5-2-6-12-18/h1-6,9-15,24H,7-8H2. The van der Waals surface area contributed by atoms with Gasteiger partial charge in [-0.2, -0.15) is 0 Å². The van der Waals surface area contributed by atoms with Crippen molar-refractivity contribution in [1.82, 2.24) is 0 Å². The van der Waals surface area contributed by atoms with Crippen molar-refractivity contribution >= 4 is 6.29 Å². The van der Waals surface area contributed by atoms with Crippen molar-refractivity contribution in [3.8, 4) is 17.2 Å². The number of aldehydes is 1. The molecule has 1 aliphatic rings. The molecule has 4 nitrogen and oxygen atoms in total. The van der Waals surface area contributed by atoms with Crippen molar-refractivity contribution in [1.29, 1.82) is 0 Å². The van der Waals surface area contributed by atoms with Crippen LogP contribution in [0.2, 0.25) is 0 Å². The maximum Gasteiger partial charge on any atom is 0.305 e. The summed E-state index contributed by atoms with van der Waals surface area (Å²) >= 11 is 0. The highest BCUT2D eigenvalue weighted by Gasteiger charge is 2.46. The number of phenolic OH excluding ortho intramolecular Hbond substituents is 1. The van der Waals surface area contributed by atoms with Gasteiger partial charge in [0.05, 0.1) is 0 Å². The zero-order valence-electron chi connectivity index (χ0n) is 14.1.